The maximum Gasteiger partial charge on any atom is 0.286 e. The van der Waals surface area contributed by atoms with E-state index in [2.05, 4.69) is 4.84 Å². The summed E-state index contributed by atoms with van der Waals surface area (Å²) in [5.74, 6) is -1.86. The summed E-state index contributed by atoms with van der Waals surface area (Å²) in [7, 11) is 0. The van der Waals surface area contributed by atoms with Gasteiger partial charge in [0, 0.05) is 6.07 Å². The van der Waals surface area contributed by atoms with Crippen molar-refractivity contribution in [3.05, 3.63) is 38.3 Å². The summed E-state index contributed by atoms with van der Waals surface area (Å²) < 4.78 is 0. The molecule has 0 atom stereocenters. The molecule has 0 radical (unpaired) electrons. The van der Waals surface area contributed by atoms with E-state index in [9.17, 15) is 24.5 Å². The van der Waals surface area contributed by atoms with E-state index in [0.29, 0.717) is 0 Å². The normalized spacial score (nSPS) is 9.78. The van der Waals surface area contributed by atoms with E-state index >= 15 is 0 Å². The van der Waals surface area contributed by atoms with E-state index in [0.717, 1.165) is 12.3 Å². The molecule has 1 heterocycles. The van der Waals surface area contributed by atoms with Gasteiger partial charge in [-0.05, 0) is 0 Å². The summed E-state index contributed by atoms with van der Waals surface area (Å²) in [5.41, 5.74) is 4.68. The van der Waals surface area contributed by atoms with Crippen molar-refractivity contribution in [2.75, 3.05) is 6.61 Å². The smallest absolute Gasteiger partial charge is 0.286 e. The molecule has 0 aliphatic rings. The van der Waals surface area contributed by atoms with E-state index in [1.54, 1.807) is 5.48 Å². The molecule has 18 heavy (non-hydrogen) atoms. The maximum atomic E-state index is 11.4. The minimum atomic E-state index is -1.03. The SMILES string of the molecule is NC(=O)CONC(=O)c1cc([N+](=O)[O-])c[nH]c1=O. The van der Waals surface area contributed by atoms with Gasteiger partial charge in [-0.25, -0.2) is 5.48 Å². The number of amides is 2. The molecule has 10 heteroatoms. The summed E-state index contributed by atoms with van der Waals surface area (Å²) >= 11 is 0. The number of nitro groups is 1. The largest absolute Gasteiger partial charge is 0.368 e. The number of nitrogens with two attached hydrogens (primary N) is 1. The number of hydrogen-bond donors (Lipinski definition) is 3. The number of rotatable bonds is 5. The fourth-order valence-corrected chi connectivity index (χ4v) is 0.974. The van der Waals surface area contributed by atoms with Gasteiger partial charge in [-0.3, -0.25) is 29.3 Å². The number of hydroxylamine groups is 1. The number of aromatic nitrogens is 1. The van der Waals surface area contributed by atoms with Gasteiger partial charge in [0.2, 0.25) is 5.91 Å². The molecular formula is C8H8N4O6. The van der Waals surface area contributed by atoms with Gasteiger partial charge in [0.25, 0.3) is 17.2 Å². The average molecular weight is 256 g/mol. The zero-order valence-electron chi connectivity index (χ0n) is 8.84. The molecule has 0 unspecified atom stereocenters. The Labute approximate surface area is 98.8 Å². The first-order valence-electron chi connectivity index (χ1n) is 4.49. The number of pyridine rings is 1. The third-order valence-electron chi connectivity index (χ3n) is 1.72. The Morgan fingerprint density at radius 1 is 1.56 bits per heavy atom. The van der Waals surface area contributed by atoms with Crippen LogP contribution in [0, 0.1) is 10.1 Å². The lowest BCUT2D eigenvalue weighted by Crippen LogP contribution is -2.32. The second kappa shape index (κ2) is 5.54. The number of nitrogens with one attached hydrogen (secondary N) is 2. The Bertz CT molecular complexity index is 551. The maximum absolute atomic E-state index is 11.4. The van der Waals surface area contributed by atoms with Gasteiger partial charge in [-0.1, -0.05) is 0 Å². The van der Waals surface area contributed by atoms with E-state index in [1.807, 2.05) is 4.98 Å². The highest BCUT2D eigenvalue weighted by Gasteiger charge is 2.16. The number of H-pyrrole nitrogens is 1. The molecule has 1 rings (SSSR count). The lowest BCUT2D eigenvalue weighted by atomic mass is 10.2. The molecule has 1 aromatic heterocycles. The van der Waals surface area contributed by atoms with Crippen LogP contribution in [0.15, 0.2) is 17.1 Å². The summed E-state index contributed by atoms with van der Waals surface area (Å²) in [5, 5.41) is 10.4. The number of carbonyl (C=O) groups excluding carboxylic acids is 2. The van der Waals surface area contributed by atoms with Crippen LogP contribution >= 0.6 is 0 Å². The van der Waals surface area contributed by atoms with Crippen molar-refractivity contribution in [3.63, 3.8) is 0 Å². The lowest BCUT2D eigenvalue weighted by Gasteiger charge is -2.03. The van der Waals surface area contributed by atoms with Gasteiger partial charge in [-0.2, -0.15) is 0 Å². The fourth-order valence-electron chi connectivity index (χ4n) is 0.974. The molecule has 1 aromatic rings. The van der Waals surface area contributed by atoms with Crippen LogP contribution in [0.25, 0.3) is 0 Å². The van der Waals surface area contributed by atoms with Crippen LogP contribution in [0.1, 0.15) is 10.4 Å². The van der Waals surface area contributed by atoms with Gasteiger partial charge in [0.15, 0.2) is 6.61 Å². The lowest BCUT2D eigenvalue weighted by molar-refractivity contribution is -0.385. The third-order valence-corrected chi connectivity index (χ3v) is 1.72. The van der Waals surface area contributed by atoms with Crippen LogP contribution < -0.4 is 16.8 Å². The minimum Gasteiger partial charge on any atom is -0.368 e. The molecule has 10 nitrogen and oxygen atoms in total. The van der Waals surface area contributed by atoms with E-state index < -0.39 is 40.2 Å². The van der Waals surface area contributed by atoms with Crippen molar-refractivity contribution in [1.82, 2.24) is 10.5 Å². The highest BCUT2D eigenvalue weighted by molar-refractivity contribution is 5.93. The van der Waals surface area contributed by atoms with Gasteiger partial charge in [-0.15, -0.1) is 0 Å². The number of nitrogens with zero attached hydrogens (tertiary/aromatic N) is 1. The Hall–Kier alpha value is -2.75. The zero-order valence-corrected chi connectivity index (χ0v) is 8.84. The van der Waals surface area contributed by atoms with Gasteiger partial charge in [0.05, 0.1) is 11.1 Å². The van der Waals surface area contributed by atoms with Crippen LogP contribution in [0.5, 0.6) is 0 Å². The highest BCUT2D eigenvalue weighted by Crippen LogP contribution is 2.07. The summed E-state index contributed by atoms with van der Waals surface area (Å²) in [6.07, 6.45) is 0.851. The third kappa shape index (κ3) is 3.38. The van der Waals surface area contributed by atoms with E-state index in [1.165, 1.54) is 0 Å². The van der Waals surface area contributed by atoms with Gasteiger partial charge < -0.3 is 10.7 Å². The average Bonchev–Trinajstić information content (AvgIpc) is 2.28. The van der Waals surface area contributed by atoms with Crippen molar-refractivity contribution in [1.29, 1.82) is 0 Å². The van der Waals surface area contributed by atoms with Crippen LogP contribution in [0.2, 0.25) is 0 Å². The van der Waals surface area contributed by atoms with Crippen LogP contribution in [-0.2, 0) is 9.63 Å². The highest BCUT2D eigenvalue weighted by atomic mass is 16.7. The van der Waals surface area contributed by atoms with Crippen molar-refractivity contribution >= 4 is 17.5 Å². The molecule has 0 bridgehead atoms. The Morgan fingerprint density at radius 2 is 2.22 bits per heavy atom. The van der Waals surface area contributed by atoms with Crippen molar-refractivity contribution in [2.24, 2.45) is 5.73 Å². The molecule has 0 aliphatic carbocycles. The summed E-state index contributed by atoms with van der Waals surface area (Å²) in [6, 6.07) is 0.780. The van der Waals surface area contributed by atoms with Gasteiger partial charge >= 0.3 is 0 Å². The predicted octanol–water partition coefficient (Wildman–Crippen LogP) is -1.57. The molecule has 0 saturated carbocycles. The number of aromatic amines is 1. The minimum absolute atomic E-state index is 0.463. The Kier molecular flexibility index (Phi) is 4.10. The fraction of sp³-hybridized carbons (Fsp3) is 0.125. The van der Waals surface area contributed by atoms with Crippen molar-refractivity contribution < 1.29 is 19.3 Å². The first-order chi connectivity index (χ1) is 8.41. The predicted molar refractivity (Wildman–Crippen MR) is 56.3 cm³/mol. The monoisotopic (exact) mass is 256 g/mol. The number of hydrogen-bond acceptors (Lipinski definition) is 6. The van der Waals surface area contributed by atoms with Crippen LogP contribution in [0.3, 0.4) is 0 Å². The Balaban J connectivity index is 2.84. The quantitative estimate of drug-likeness (QED) is 0.426. The number of primary amides is 1. The molecule has 2 amide bonds. The Morgan fingerprint density at radius 3 is 2.78 bits per heavy atom. The first kappa shape index (κ1) is 13.3. The topological polar surface area (TPSA) is 157 Å². The summed E-state index contributed by atoms with van der Waals surface area (Å²) in [6.45, 7) is -0.585. The van der Waals surface area contributed by atoms with Crippen molar-refractivity contribution in [2.45, 2.75) is 0 Å². The molecular weight excluding hydrogens is 248 g/mol. The molecule has 0 aromatic carbocycles. The molecule has 0 saturated heterocycles. The molecule has 0 fully saturated rings. The number of carbonyl (C=O) groups is 2. The standard InChI is InChI=1S/C8H8N4O6/c9-6(13)3-18-11-8(15)5-1-4(12(16)17)2-10-7(5)14/h1-2H,3H2,(H2,9,13)(H,10,14)(H,11,15). The second-order valence-corrected chi connectivity index (χ2v) is 3.04. The molecule has 0 aliphatic heterocycles. The van der Waals surface area contributed by atoms with Crippen molar-refractivity contribution in [3.8, 4) is 0 Å². The van der Waals surface area contributed by atoms with E-state index in [-0.39, 0.29) is 0 Å². The second-order valence-electron chi connectivity index (χ2n) is 3.04. The zero-order chi connectivity index (χ0) is 13.7. The van der Waals surface area contributed by atoms with E-state index in [4.69, 9.17) is 5.73 Å². The molecule has 0 spiro atoms. The summed E-state index contributed by atoms with van der Waals surface area (Å²) in [4.78, 5) is 49.0. The molecule has 4 N–H and O–H groups in total. The van der Waals surface area contributed by atoms with Crippen LogP contribution in [-0.4, -0.2) is 28.3 Å². The van der Waals surface area contributed by atoms with Gasteiger partial charge in [0.1, 0.15) is 5.56 Å². The molecule has 96 valence electrons. The first-order valence-corrected chi connectivity index (χ1v) is 4.49. The van der Waals surface area contributed by atoms with Crippen LogP contribution in [0.4, 0.5) is 5.69 Å².